The van der Waals surface area contributed by atoms with Gasteiger partial charge in [-0.3, -0.25) is 9.59 Å². The van der Waals surface area contributed by atoms with Gasteiger partial charge in [-0.15, -0.1) is 0 Å². The Hall–Kier alpha value is -3.57. The maximum Gasteiger partial charge on any atom is 0.282 e. The molecule has 1 heterocycles. The van der Waals surface area contributed by atoms with Crippen LogP contribution < -0.4 is 15.0 Å². The van der Waals surface area contributed by atoms with E-state index in [0.717, 1.165) is 16.0 Å². The number of hydrogen-bond donors (Lipinski definition) is 1. The highest BCUT2D eigenvalue weighted by Crippen LogP contribution is 2.38. The lowest BCUT2D eigenvalue weighted by molar-refractivity contribution is -0.120. The molecule has 6 heteroatoms. The highest BCUT2D eigenvalue weighted by molar-refractivity contribution is 6.46. The van der Waals surface area contributed by atoms with Crippen molar-refractivity contribution in [1.82, 2.24) is 0 Å². The van der Waals surface area contributed by atoms with E-state index in [9.17, 15) is 9.59 Å². The molecule has 0 bridgehead atoms. The molecule has 0 radical (unpaired) electrons. The first kappa shape index (κ1) is 20.7. The molecule has 2 amide bonds. The Kier molecular flexibility index (Phi) is 5.53. The maximum absolute atomic E-state index is 13.5. The van der Waals surface area contributed by atoms with Gasteiger partial charge in [-0.2, -0.15) is 0 Å². The van der Waals surface area contributed by atoms with Gasteiger partial charge in [-0.25, -0.2) is 4.90 Å². The van der Waals surface area contributed by atoms with E-state index in [1.807, 2.05) is 50.2 Å². The van der Waals surface area contributed by atoms with E-state index < -0.39 is 11.8 Å². The number of rotatable bonds is 5. The number of methoxy groups -OCH3 is 1. The first-order chi connectivity index (χ1) is 14.9. The molecule has 0 aromatic heterocycles. The number of benzene rings is 3. The number of hydrogen-bond acceptors (Lipinski definition) is 4. The Morgan fingerprint density at radius 1 is 0.903 bits per heavy atom. The van der Waals surface area contributed by atoms with Crippen molar-refractivity contribution in [3.05, 3.63) is 94.1 Å². The summed E-state index contributed by atoms with van der Waals surface area (Å²) >= 11 is 6.26. The van der Waals surface area contributed by atoms with Crippen LogP contribution >= 0.6 is 11.6 Å². The third-order valence-corrected chi connectivity index (χ3v) is 5.60. The number of para-hydroxylation sites is 2. The van der Waals surface area contributed by atoms with Gasteiger partial charge in [0, 0.05) is 10.7 Å². The zero-order valence-electron chi connectivity index (χ0n) is 17.4. The van der Waals surface area contributed by atoms with E-state index in [1.54, 1.807) is 30.3 Å². The Balaban J connectivity index is 1.84. The molecule has 0 fully saturated rings. The number of aryl methyl sites for hydroxylation is 2. The summed E-state index contributed by atoms with van der Waals surface area (Å²) < 4.78 is 5.39. The largest absolute Gasteiger partial charge is 0.495 e. The van der Waals surface area contributed by atoms with Gasteiger partial charge in [0.15, 0.2) is 0 Å². The molecule has 0 saturated heterocycles. The van der Waals surface area contributed by atoms with E-state index in [1.165, 1.54) is 7.11 Å². The second-order valence-electron chi connectivity index (χ2n) is 7.32. The molecule has 3 aromatic carbocycles. The molecule has 0 aliphatic carbocycles. The van der Waals surface area contributed by atoms with E-state index in [2.05, 4.69) is 5.32 Å². The van der Waals surface area contributed by atoms with E-state index >= 15 is 0 Å². The third kappa shape index (κ3) is 3.80. The molecule has 1 N–H and O–H groups in total. The van der Waals surface area contributed by atoms with Crippen LogP contribution in [0.1, 0.15) is 16.7 Å². The van der Waals surface area contributed by atoms with Crippen LogP contribution in [0.15, 0.2) is 72.4 Å². The summed E-state index contributed by atoms with van der Waals surface area (Å²) in [6.45, 7) is 3.87. The van der Waals surface area contributed by atoms with Gasteiger partial charge in [-0.1, -0.05) is 59.6 Å². The van der Waals surface area contributed by atoms with Crippen molar-refractivity contribution in [1.29, 1.82) is 0 Å². The summed E-state index contributed by atoms with van der Waals surface area (Å²) in [6, 6.07) is 19.9. The summed E-state index contributed by atoms with van der Waals surface area (Å²) in [5, 5.41) is 3.70. The molecule has 0 unspecified atom stereocenters. The fourth-order valence-electron chi connectivity index (χ4n) is 3.48. The minimum atomic E-state index is -0.457. The van der Waals surface area contributed by atoms with Crippen molar-refractivity contribution < 1.29 is 14.3 Å². The normalized spacial score (nSPS) is 13.7. The second kappa shape index (κ2) is 8.28. The van der Waals surface area contributed by atoms with Crippen molar-refractivity contribution in [2.75, 3.05) is 17.3 Å². The van der Waals surface area contributed by atoms with Crippen LogP contribution in [0.5, 0.6) is 5.75 Å². The fourth-order valence-corrected chi connectivity index (χ4v) is 3.66. The van der Waals surface area contributed by atoms with Crippen molar-refractivity contribution >= 4 is 40.4 Å². The Labute approximate surface area is 185 Å². The smallest absolute Gasteiger partial charge is 0.282 e. The van der Waals surface area contributed by atoms with E-state index in [0.29, 0.717) is 33.3 Å². The van der Waals surface area contributed by atoms with Gasteiger partial charge in [0.05, 0.1) is 18.4 Å². The van der Waals surface area contributed by atoms with Gasteiger partial charge >= 0.3 is 0 Å². The molecule has 1 aliphatic heterocycles. The predicted octanol–water partition coefficient (Wildman–Crippen LogP) is 5.36. The molecule has 3 aromatic rings. The highest BCUT2D eigenvalue weighted by atomic mass is 35.5. The maximum atomic E-state index is 13.5. The van der Waals surface area contributed by atoms with Crippen molar-refractivity contribution in [2.45, 2.75) is 13.8 Å². The van der Waals surface area contributed by atoms with Crippen LogP contribution in [0.4, 0.5) is 11.4 Å². The number of anilines is 2. The van der Waals surface area contributed by atoms with Crippen LogP contribution in [0.3, 0.4) is 0 Å². The van der Waals surface area contributed by atoms with Gasteiger partial charge < -0.3 is 10.1 Å². The number of nitrogens with one attached hydrogen (secondary N) is 1. The molecule has 4 rings (SSSR count). The summed E-state index contributed by atoms with van der Waals surface area (Å²) in [5.41, 5.74) is 4.14. The molecule has 1 aliphatic rings. The van der Waals surface area contributed by atoms with Crippen LogP contribution in [0.2, 0.25) is 5.02 Å². The minimum Gasteiger partial charge on any atom is -0.495 e. The number of amides is 2. The first-order valence-corrected chi connectivity index (χ1v) is 10.1. The number of carbonyl (C=O) groups is 2. The molecule has 0 spiro atoms. The molecular weight excluding hydrogens is 412 g/mol. The van der Waals surface area contributed by atoms with Gasteiger partial charge in [-0.05, 0) is 49.2 Å². The molecule has 0 atom stereocenters. The Morgan fingerprint density at radius 3 is 2.29 bits per heavy atom. The van der Waals surface area contributed by atoms with Crippen LogP contribution in [0.25, 0.3) is 5.57 Å². The lowest BCUT2D eigenvalue weighted by atomic mass is 10.0. The highest BCUT2D eigenvalue weighted by Gasteiger charge is 2.41. The SMILES string of the molecule is COc1ccccc1N1C(=O)C(Nc2ccc(C)c(Cl)c2)=C(c2ccc(C)cc2)C1=O. The average Bonchev–Trinajstić information content (AvgIpc) is 3.01. The summed E-state index contributed by atoms with van der Waals surface area (Å²) in [5.74, 6) is -0.437. The van der Waals surface area contributed by atoms with Crippen LogP contribution in [-0.4, -0.2) is 18.9 Å². The number of ether oxygens (including phenoxy) is 1. The topological polar surface area (TPSA) is 58.6 Å². The Morgan fingerprint density at radius 2 is 1.61 bits per heavy atom. The second-order valence-corrected chi connectivity index (χ2v) is 7.73. The molecular formula is C25H21ClN2O3. The summed E-state index contributed by atoms with van der Waals surface area (Å²) in [6.07, 6.45) is 0. The third-order valence-electron chi connectivity index (χ3n) is 5.19. The van der Waals surface area contributed by atoms with Crippen molar-refractivity contribution in [2.24, 2.45) is 0 Å². The quantitative estimate of drug-likeness (QED) is 0.551. The lowest BCUT2D eigenvalue weighted by Gasteiger charge is -2.18. The lowest BCUT2D eigenvalue weighted by Crippen LogP contribution is -2.32. The number of carbonyl (C=O) groups excluding carboxylic acids is 2. The van der Waals surface area contributed by atoms with E-state index in [4.69, 9.17) is 16.3 Å². The minimum absolute atomic E-state index is 0.194. The van der Waals surface area contributed by atoms with Gasteiger partial charge in [0.25, 0.3) is 11.8 Å². The number of imide groups is 1. The Bertz CT molecular complexity index is 1220. The summed E-state index contributed by atoms with van der Waals surface area (Å²) in [7, 11) is 1.51. The summed E-state index contributed by atoms with van der Waals surface area (Å²) in [4.78, 5) is 28.1. The molecule has 31 heavy (non-hydrogen) atoms. The molecule has 5 nitrogen and oxygen atoms in total. The van der Waals surface area contributed by atoms with Crippen molar-refractivity contribution in [3.8, 4) is 5.75 Å². The zero-order chi connectivity index (χ0) is 22.1. The van der Waals surface area contributed by atoms with Gasteiger partial charge in [0.2, 0.25) is 0 Å². The van der Waals surface area contributed by atoms with E-state index in [-0.39, 0.29) is 5.70 Å². The fraction of sp³-hybridized carbons (Fsp3) is 0.120. The molecule has 156 valence electrons. The predicted molar refractivity (Wildman–Crippen MR) is 123 cm³/mol. The van der Waals surface area contributed by atoms with Crippen LogP contribution in [0, 0.1) is 13.8 Å². The van der Waals surface area contributed by atoms with Crippen LogP contribution in [-0.2, 0) is 9.59 Å². The first-order valence-electron chi connectivity index (χ1n) is 9.77. The molecule has 0 saturated carbocycles. The number of nitrogens with zero attached hydrogens (tertiary/aromatic N) is 1. The number of halogens is 1. The monoisotopic (exact) mass is 432 g/mol. The average molecular weight is 433 g/mol. The zero-order valence-corrected chi connectivity index (χ0v) is 18.2. The standard InChI is InChI=1S/C25H21ClN2O3/c1-15-8-11-17(12-9-15)22-23(27-18-13-10-16(2)19(26)14-18)25(30)28(24(22)29)20-6-4-5-7-21(20)31-3/h4-14,27H,1-3H3. The van der Waals surface area contributed by atoms with Gasteiger partial charge in [0.1, 0.15) is 11.4 Å². The van der Waals surface area contributed by atoms with Crippen molar-refractivity contribution in [3.63, 3.8) is 0 Å².